The van der Waals surface area contributed by atoms with Crippen molar-refractivity contribution in [1.82, 2.24) is 10.2 Å². The van der Waals surface area contributed by atoms with Crippen molar-refractivity contribution in [2.75, 3.05) is 17.3 Å². The first kappa shape index (κ1) is 18.7. The van der Waals surface area contributed by atoms with E-state index in [1.807, 2.05) is 48.5 Å². The molecule has 3 aromatic rings. The first-order valence-electron chi connectivity index (χ1n) is 9.46. The van der Waals surface area contributed by atoms with Crippen LogP contribution in [0, 0.1) is 0 Å². The van der Waals surface area contributed by atoms with Gasteiger partial charge in [0.15, 0.2) is 23.0 Å². The second kappa shape index (κ2) is 8.18. The number of ether oxygens (including phenoxy) is 1. The number of phenols is 1. The number of phenolic OH excluding ortho intramolecular Hbond substituents is 1. The third-order valence-corrected chi connectivity index (χ3v) is 4.79. The minimum Gasteiger partial charge on any atom is -0.504 e. The Balaban J connectivity index is 1.49. The summed E-state index contributed by atoms with van der Waals surface area (Å²) in [5, 5.41) is 21.0. The van der Waals surface area contributed by atoms with Crippen molar-refractivity contribution < 1.29 is 14.6 Å². The van der Waals surface area contributed by atoms with Crippen molar-refractivity contribution in [1.29, 1.82) is 0 Å². The molecule has 7 nitrogen and oxygen atoms in total. The van der Waals surface area contributed by atoms with Crippen LogP contribution in [0.5, 0.6) is 11.5 Å². The Morgan fingerprint density at radius 3 is 2.59 bits per heavy atom. The van der Waals surface area contributed by atoms with Gasteiger partial charge in [-0.3, -0.25) is 4.79 Å². The van der Waals surface area contributed by atoms with Gasteiger partial charge in [0.25, 0.3) is 5.91 Å². The van der Waals surface area contributed by atoms with Crippen molar-refractivity contribution in [2.24, 2.45) is 0 Å². The lowest BCUT2D eigenvalue weighted by Gasteiger charge is -2.23. The highest BCUT2D eigenvalue weighted by Crippen LogP contribution is 2.33. The molecule has 1 fully saturated rings. The van der Waals surface area contributed by atoms with Gasteiger partial charge in [0.05, 0.1) is 7.11 Å². The van der Waals surface area contributed by atoms with E-state index in [2.05, 4.69) is 20.4 Å². The van der Waals surface area contributed by atoms with E-state index >= 15 is 0 Å². The molecule has 0 spiro atoms. The minimum atomic E-state index is -0.295. The number of nitrogens with one attached hydrogen (secondary N) is 1. The van der Waals surface area contributed by atoms with E-state index in [1.165, 1.54) is 7.11 Å². The summed E-state index contributed by atoms with van der Waals surface area (Å²) in [6.07, 6.45) is 2.18. The van der Waals surface area contributed by atoms with Gasteiger partial charge in [-0.25, -0.2) is 0 Å². The molecule has 148 valence electrons. The van der Waals surface area contributed by atoms with Crippen LogP contribution in [0.25, 0.3) is 0 Å². The van der Waals surface area contributed by atoms with Crippen molar-refractivity contribution in [3.05, 3.63) is 71.9 Å². The van der Waals surface area contributed by atoms with Gasteiger partial charge < -0.3 is 20.1 Å². The Morgan fingerprint density at radius 1 is 1.14 bits per heavy atom. The fourth-order valence-corrected chi connectivity index (χ4v) is 3.12. The molecule has 0 radical (unpaired) electrons. The smallest absolute Gasteiger partial charge is 0.276 e. The van der Waals surface area contributed by atoms with E-state index < -0.39 is 0 Å². The molecule has 0 aliphatic heterocycles. The Hall–Kier alpha value is -3.61. The number of hydrogen-bond donors (Lipinski definition) is 2. The summed E-state index contributed by atoms with van der Waals surface area (Å²) in [5.41, 5.74) is 1.98. The summed E-state index contributed by atoms with van der Waals surface area (Å²) in [4.78, 5) is 14.5. The number of carbonyl (C=O) groups excluding carboxylic acids is 1. The average molecular weight is 390 g/mol. The van der Waals surface area contributed by atoms with Crippen molar-refractivity contribution >= 4 is 17.4 Å². The zero-order chi connectivity index (χ0) is 20.2. The molecule has 2 aromatic carbocycles. The number of para-hydroxylation sites is 1. The highest BCUT2D eigenvalue weighted by atomic mass is 16.5. The van der Waals surface area contributed by atoms with E-state index in [4.69, 9.17) is 4.74 Å². The summed E-state index contributed by atoms with van der Waals surface area (Å²) in [6.45, 7) is 0.617. The molecule has 4 rings (SSSR count). The van der Waals surface area contributed by atoms with Gasteiger partial charge in [0.2, 0.25) is 0 Å². The summed E-state index contributed by atoms with van der Waals surface area (Å²) < 4.78 is 5.20. The fraction of sp³-hybridized carbons (Fsp3) is 0.227. The van der Waals surface area contributed by atoms with Crippen LogP contribution in [-0.2, 0) is 6.54 Å². The molecule has 0 saturated heterocycles. The van der Waals surface area contributed by atoms with Gasteiger partial charge in [0, 0.05) is 18.3 Å². The molecular formula is C22H22N4O3. The zero-order valence-corrected chi connectivity index (χ0v) is 16.1. The molecule has 29 heavy (non-hydrogen) atoms. The number of benzene rings is 2. The van der Waals surface area contributed by atoms with Gasteiger partial charge in [-0.05, 0) is 54.8 Å². The number of aromatic hydroxyl groups is 1. The third-order valence-electron chi connectivity index (χ3n) is 4.79. The molecule has 2 N–H and O–H groups in total. The first-order valence-corrected chi connectivity index (χ1v) is 9.46. The summed E-state index contributed by atoms with van der Waals surface area (Å²) in [7, 11) is 1.53. The van der Waals surface area contributed by atoms with E-state index in [0.29, 0.717) is 24.0 Å². The predicted octanol–water partition coefficient (Wildman–Crippen LogP) is 3.61. The maximum absolute atomic E-state index is 12.4. The van der Waals surface area contributed by atoms with Crippen molar-refractivity contribution in [3.63, 3.8) is 0 Å². The fourth-order valence-electron chi connectivity index (χ4n) is 3.12. The number of aromatic nitrogens is 2. The van der Waals surface area contributed by atoms with Gasteiger partial charge in [-0.1, -0.05) is 24.3 Å². The standard InChI is InChI=1S/C22H22N4O3/c1-29-20-13-15(7-11-19(20)27)14-26(17-8-9-17)21-12-10-18(24-25-21)22(28)23-16-5-3-2-4-6-16/h2-7,10-13,17,27H,8-9,14H2,1H3,(H,23,28). The second-order valence-corrected chi connectivity index (χ2v) is 6.96. The Morgan fingerprint density at radius 2 is 1.93 bits per heavy atom. The Bertz CT molecular complexity index is 989. The van der Waals surface area contributed by atoms with Gasteiger partial charge in [0.1, 0.15) is 0 Å². The lowest BCUT2D eigenvalue weighted by atomic mass is 10.2. The highest BCUT2D eigenvalue weighted by Gasteiger charge is 2.30. The van der Waals surface area contributed by atoms with Crippen molar-refractivity contribution in [2.45, 2.75) is 25.4 Å². The van der Waals surface area contributed by atoms with Crippen LogP contribution in [0.1, 0.15) is 28.9 Å². The van der Waals surface area contributed by atoms with Crippen molar-refractivity contribution in [3.8, 4) is 11.5 Å². The lowest BCUT2D eigenvalue weighted by molar-refractivity contribution is 0.102. The van der Waals surface area contributed by atoms with E-state index in [1.54, 1.807) is 12.1 Å². The molecule has 1 aliphatic carbocycles. The first-order chi connectivity index (χ1) is 14.1. The van der Waals surface area contributed by atoms with Gasteiger partial charge >= 0.3 is 0 Å². The van der Waals surface area contributed by atoms with Crippen LogP contribution in [-0.4, -0.2) is 34.4 Å². The monoisotopic (exact) mass is 390 g/mol. The maximum atomic E-state index is 12.4. The molecule has 1 aromatic heterocycles. The molecule has 0 unspecified atom stereocenters. The molecular weight excluding hydrogens is 368 g/mol. The van der Waals surface area contributed by atoms with Crippen LogP contribution < -0.4 is 15.0 Å². The summed E-state index contributed by atoms with van der Waals surface area (Å²) in [6, 6.07) is 18.5. The summed E-state index contributed by atoms with van der Waals surface area (Å²) in [5.74, 6) is 0.979. The molecule has 0 bridgehead atoms. The molecule has 1 aliphatic rings. The molecule has 1 heterocycles. The number of methoxy groups -OCH3 is 1. The largest absolute Gasteiger partial charge is 0.504 e. The number of rotatable bonds is 7. The average Bonchev–Trinajstić information content (AvgIpc) is 3.59. The third kappa shape index (κ3) is 4.45. The normalized spacial score (nSPS) is 13.0. The van der Waals surface area contributed by atoms with Crippen LogP contribution in [0.15, 0.2) is 60.7 Å². The van der Waals surface area contributed by atoms with Crippen LogP contribution in [0.4, 0.5) is 11.5 Å². The summed E-state index contributed by atoms with van der Waals surface area (Å²) >= 11 is 0. The Kier molecular flexibility index (Phi) is 5.29. The zero-order valence-electron chi connectivity index (χ0n) is 16.1. The molecule has 1 saturated carbocycles. The topological polar surface area (TPSA) is 87.6 Å². The number of carbonyl (C=O) groups is 1. The van der Waals surface area contributed by atoms with E-state index in [0.717, 1.165) is 24.2 Å². The van der Waals surface area contributed by atoms with E-state index in [-0.39, 0.29) is 17.4 Å². The quantitative estimate of drug-likeness (QED) is 0.641. The lowest BCUT2D eigenvalue weighted by Crippen LogP contribution is -2.26. The number of hydrogen-bond acceptors (Lipinski definition) is 6. The number of amides is 1. The molecule has 0 atom stereocenters. The second-order valence-electron chi connectivity index (χ2n) is 6.96. The SMILES string of the molecule is COc1cc(CN(c2ccc(C(=O)Nc3ccccc3)nn2)C2CC2)ccc1O. The highest BCUT2D eigenvalue weighted by molar-refractivity contribution is 6.02. The van der Waals surface area contributed by atoms with Crippen LogP contribution in [0.2, 0.25) is 0 Å². The van der Waals surface area contributed by atoms with Gasteiger partial charge in [-0.15, -0.1) is 10.2 Å². The molecule has 1 amide bonds. The van der Waals surface area contributed by atoms with Gasteiger partial charge in [-0.2, -0.15) is 0 Å². The minimum absolute atomic E-state index is 0.114. The number of nitrogens with zero attached hydrogens (tertiary/aromatic N) is 3. The number of anilines is 2. The molecule has 7 heteroatoms. The maximum Gasteiger partial charge on any atom is 0.276 e. The predicted molar refractivity (Wildman–Crippen MR) is 110 cm³/mol. The Labute approximate surface area is 169 Å². The van der Waals surface area contributed by atoms with Crippen LogP contribution in [0.3, 0.4) is 0 Å². The van der Waals surface area contributed by atoms with E-state index in [9.17, 15) is 9.90 Å². The van der Waals surface area contributed by atoms with Crippen LogP contribution >= 0.6 is 0 Å².